The maximum Gasteiger partial charge on any atom is 0.254 e. The quantitative estimate of drug-likeness (QED) is 0.633. The van der Waals surface area contributed by atoms with Gasteiger partial charge in [0.05, 0.1) is 28.9 Å². The summed E-state index contributed by atoms with van der Waals surface area (Å²) in [5.41, 5.74) is 1.06. The van der Waals surface area contributed by atoms with Gasteiger partial charge in [0, 0.05) is 18.2 Å². The van der Waals surface area contributed by atoms with E-state index in [1.807, 2.05) is 6.07 Å². The van der Waals surface area contributed by atoms with Crippen LogP contribution in [-0.2, 0) is 11.8 Å². The number of likely N-dealkylation sites (tertiary alicyclic amines) is 1. The van der Waals surface area contributed by atoms with Crippen LogP contribution in [0.3, 0.4) is 0 Å². The number of rotatable bonds is 4. The molecule has 3 aliphatic carbocycles. The number of phenolic OH excluding ortho intramolecular Hbond substituents is 1. The first-order valence-corrected chi connectivity index (χ1v) is 11.8. The molecule has 0 radical (unpaired) electrons. The number of nitrogens with zero attached hydrogens (tertiary/aromatic N) is 1. The van der Waals surface area contributed by atoms with E-state index in [9.17, 15) is 15.0 Å². The summed E-state index contributed by atoms with van der Waals surface area (Å²) in [6.07, 6.45) is 7.85. The molecule has 5 atom stereocenters. The summed E-state index contributed by atoms with van der Waals surface area (Å²) < 4.78 is 11.5. The highest BCUT2D eigenvalue weighted by Crippen LogP contribution is 2.65. The van der Waals surface area contributed by atoms with Crippen LogP contribution >= 0.6 is 12.4 Å². The van der Waals surface area contributed by atoms with E-state index in [2.05, 4.69) is 10.2 Å². The van der Waals surface area contributed by atoms with E-state index in [0.717, 1.165) is 43.0 Å². The molecule has 1 aromatic heterocycles. The minimum atomic E-state index is -0.937. The lowest BCUT2D eigenvalue weighted by Crippen LogP contribution is -2.78. The molecule has 3 N–H and O–H groups in total. The van der Waals surface area contributed by atoms with Crippen molar-refractivity contribution in [2.45, 2.75) is 67.7 Å². The fourth-order valence-electron chi connectivity index (χ4n) is 7.27. The number of nitrogens with one attached hydrogen (secondary N) is 1. The maximum atomic E-state index is 12.8. The van der Waals surface area contributed by atoms with Crippen molar-refractivity contribution >= 4 is 18.3 Å². The highest BCUT2D eigenvalue weighted by atomic mass is 35.5. The minimum Gasteiger partial charge on any atom is -0.504 e. The molecule has 1 saturated heterocycles. The average Bonchev–Trinajstić information content (AvgIpc) is 3.27. The number of carbonyl (C=O) groups excluding carboxylic acids is 1. The number of hydrogen-bond acceptors (Lipinski definition) is 6. The molecule has 7 nitrogen and oxygen atoms in total. The lowest BCUT2D eigenvalue weighted by molar-refractivity contribution is -0.191. The molecule has 3 fully saturated rings. The zero-order valence-electron chi connectivity index (χ0n) is 18.3. The second-order valence-electron chi connectivity index (χ2n) is 10.4. The first-order chi connectivity index (χ1) is 15.5. The number of furan rings is 1. The van der Waals surface area contributed by atoms with Crippen LogP contribution in [0.4, 0.5) is 0 Å². The van der Waals surface area contributed by atoms with Gasteiger partial charge in [-0.25, -0.2) is 0 Å². The Morgan fingerprint density at radius 1 is 1.21 bits per heavy atom. The molecule has 1 spiro atoms. The number of hydrogen-bond donors (Lipinski definition) is 3. The molecule has 2 bridgehead atoms. The number of carbonyl (C=O) groups is 1. The molecule has 176 valence electrons. The number of piperidine rings is 1. The monoisotopic (exact) mass is 472 g/mol. The van der Waals surface area contributed by atoms with Crippen molar-refractivity contribution in [1.29, 1.82) is 0 Å². The first kappa shape index (κ1) is 21.3. The van der Waals surface area contributed by atoms with E-state index in [4.69, 9.17) is 9.15 Å². The van der Waals surface area contributed by atoms with Crippen molar-refractivity contribution in [3.63, 3.8) is 0 Å². The Morgan fingerprint density at radius 3 is 2.82 bits per heavy atom. The van der Waals surface area contributed by atoms with Crippen LogP contribution in [0.5, 0.6) is 11.5 Å². The second kappa shape index (κ2) is 7.14. The molecular formula is C25H29ClN2O5. The summed E-state index contributed by atoms with van der Waals surface area (Å²) in [4.78, 5) is 15.4. The molecule has 33 heavy (non-hydrogen) atoms. The Bertz CT molecular complexity index is 1100. The molecule has 1 aromatic carbocycles. The SMILES string of the molecule is Cl.O=C(N[C@@H]1CC[C@@]2(O)[C@H]3Cc4ccc(O)c5c4[C@@]2(CCN3CC2CC2)[C@H]1O5)c1ccoc1. The Morgan fingerprint density at radius 2 is 2.06 bits per heavy atom. The molecule has 2 aromatic rings. The summed E-state index contributed by atoms with van der Waals surface area (Å²) in [7, 11) is 0. The van der Waals surface area contributed by atoms with Gasteiger partial charge in [0.2, 0.25) is 0 Å². The predicted molar refractivity (Wildman–Crippen MR) is 122 cm³/mol. The van der Waals surface area contributed by atoms with Gasteiger partial charge in [0.15, 0.2) is 11.5 Å². The number of aromatic hydroxyl groups is 1. The lowest BCUT2D eigenvalue weighted by atomic mass is 9.48. The first-order valence-electron chi connectivity index (χ1n) is 11.8. The Hall–Kier alpha value is -2.22. The van der Waals surface area contributed by atoms with E-state index in [1.165, 1.54) is 25.4 Å². The molecule has 7 rings (SSSR count). The molecular weight excluding hydrogens is 444 g/mol. The highest BCUT2D eigenvalue weighted by Gasteiger charge is 2.73. The van der Waals surface area contributed by atoms with Gasteiger partial charge >= 0.3 is 0 Å². The van der Waals surface area contributed by atoms with Crippen LogP contribution in [0.25, 0.3) is 0 Å². The second-order valence-corrected chi connectivity index (χ2v) is 10.4. The maximum absolute atomic E-state index is 12.8. The van der Waals surface area contributed by atoms with Crippen molar-refractivity contribution in [3.05, 3.63) is 47.4 Å². The minimum absolute atomic E-state index is 0. The van der Waals surface area contributed by atoms with Crippen LogP contribution in [0.15, 0.2) is 35.1 Å². The van der Waals surface area contributed by atoms with Gasteiger partial charge in [-0.15, -0.1) is 12.4 Å². The molecule has 3 heterocycles. The third kappa shape index (κ3) is 2.73. The van der Waals surface area contributed by atoms with Gasteiger partial charge in [0.25, 0.3) is 5.91 Å². The van der Waals surface area contributed by atoms with Gasteiger partial charge < -0.3 is 24.7 Å². The number of ether oxygens (including phenoxy) is 1. The fraction of sp³-hybridized carbons (Fsp3) is 0.560. The van der Waals surface area contributed by atoms with Gasteiger partial charge in [0.1, 0.15) is 12.4 Å². The van der Waals surface area contributed by atoms with E-state index < -0.39 is 17.1 Å². The largest absolute Gasteiger partial charge is 0.504 e. The van der Waals surface area contributed by atoms with Crippen LogP contribution < -0.4 is 10.1 Å². The van der Waals surface area contributed by atoms with Crippen molar-refractivity contribution in [1.82, 2.24) is 10.2 Å². The number of halogens is 1. The Labute approximate surface area is 198 Å². The molecule has 2 aliphatic heterocycles. The number of phenols is 1. The Balaban J connectivity index is 0.00000206. The topological polar surface area (TPSA) is 95.2 Å². The van der Waals surface area contributed by atoms with E-state index >= 15 is 0 Å². The zero-order valence-corrected chi connectivity index (χ0v) is 19.1. The number of amides is 1. The van der Waals surface area contributed by atoms with Gasteiger partial charge in [-0.3, -0.25) is 9.69 Å². The van der Waals surface area contributed by atoms with Crippen LogP contribution in [0, 0.1) is 5.92 Å². The van der Waals surface area contributed by atoms with Crippen molar-refractivity contribution in [2.75, 3.05) is 13.1 Å². The Kier molecular flexibility index (Phi) is 4.61. The van der Waals surface area contributed by atoms with Crippen molar-refractivity contribution in [3.8, 4) is 11.5 Å². The third-order valence-corrected chi connectivity index (χ3v) is 8.86. The molecule has 1 amide bonds. The van der Waals surface area contributed by atoms with Crippen LogP contribution in [-0.4, -0.2) is 57.9 Å². The summed E-state index contributed by atoms with van der Waals surface area (Å²) in [6.45, 7) is 1.95. The summed E-state index contributed by atoms with van der Waals surface area (Å²) >= 11 is 0. The predicted octanol–water partition coefficient (Wildman–Crippen LogP) is 2.77. The van der Waals surface area contributed by atoms with Crippen molar-refractivity contribution < 1.29 is 24.2 Å². The van der Waals surface area contributed by atoms with Gasteiger partial charge in [-0.1, -0.05) is 6.07 Å². The molecule has 8 heteroatoms. The third-order valence-electron chi connectivity index (χ3n) is 8.86. The summed E-state index contributed by atoms with van der Waals surface area (Å²) in [5, 5.41) is 26.2. The normalized spacial score (nSPS) is 35.8. The zero-order chi connectivity index (χ0) is 21.7. The highest BCUT2D eigenvalue weighted by molar-refractivity contribution is 5.94. The van der Waals surface area contributed by atoms with Crippen LogP contribution in [0.1, 0.15) is 53.6 Å². The fourth-order valence-corrected chi connectivity index (χ4v) is 7.27. The lowest BCUT2D eigenvalue weighted by Gasteiger charge is -2.64. The van der Waals surface area contributed by atoms with Crippen molar-refractivity contribution in [2.24, 2.45) is 5.92 Å². The van der Waals surface area contributed by atoms with Gasteiger partial charge in [-0.2, -0.15) is 0 Å². The molecule has 0 unspecified atom stereocenters. The van der Waals surface area contributed by atoms with Gasteiger partial charge in [-0.05, 0) is 68.7 Å². The average molecular weight is 473 g/mol. The van der Waals surface area contributed by atoms with Crippen LogP contribution in [0.2, 0.25) is 0 Å². The number of aliphatic hydroxyl groups is 1. The smallest absolute Gasteiger partial charge is 0.254 e. The standard InChI is InChI=1S/C25H28N2O5.ClH/c28-18-4-3-15-11-19-25(30)7-5-17(26-23(29)16-6-10-31-13-16)22-24(25,20(15)21(18)32-22)8-9-27(19)12-14-1-2-14;/h3-4,6,10,13-14,17,19,22,28,30H,1-2,5,7-9,11-12H2,(H,26,29);1H/t17-,19-,22+,24+,25-;/m1./s1. The summed E-state index contributed by atoms with van der Waals surface area (Å²) in [5.74, 6) is 1.18. The molecule has 2 saturated carbocycles. The molecule has 5 aliphatic rings. The van der Waals surface area contributed by atoms with E-state index in [0.29, 0.717) is 24.2 Å². The van der Waals surface area contributed by atoms with E-state index in [-0.39, 0.29) is 36.1 Å². The summed E-state index contributed by atoms with van der Waals surface area (Å²) in [6, 6.07) is 5.14. The number of benzene rings is 1. The van der Waals surface area contributed by atoms with E-state index in [1.54, 1.807) is 12.1 Å².